The molecule has 1 fully saturated rings. The molecule has 0 spiro atoms. The number of aryl methyl sites for hydroxylation is 1. The highest BCUT2D eigenvalue weighted by atomic mass is 16.5. The minimum absolute atomic E-state index is 0.0733. The summed E-state index contributed by atoms with van der Waals surface area (Å²) in [5.74, 6) is -0.512. The van der Waals surface area contributed by atoms with Crippen LogP contribution in [0.3, 0.4) is 0 Å². The highest BCUT2D eigenvalue weighted by molar-refractivity contribution is 5.79. The number of nitrogens with zero attached hydrogens (tertiary/aromatic N) is 1. The quantitative estimate of drug-likeness (QED) is 0.861. The van der Waals surface area contributed by atoms with Crippen molar-refractivity contribution in [2.24, 2.45) is 0 Å². The molecule has 2 atom stereocenters. The number of methoxy groups -OCH3 is 1. The molecule has 1 amide bonds. The summed E-state index contributed by atoms with van der Waals surface area (Å²) >= 11 is 0. The van der Waals surface area contributed by atoms with Crippen molar-refractivity contribution in [3.8, 4) is 5.75 Å². The van der Waals surface area contributed by atoms with Crippen LogP contribution < -0.4 is 4.74 Å². The molecular weight excluding hydrogens is 286 g/mol. The Bertz CT molecular complexity index is 528. The predicted octanol–water partition coefficient (Wildman–Crippen LogP) is 1.46. The molecule has 0 radical (unpaired) electrons. The van der Waals surface area contributed by atoms with Crippen molar-refractivity contribution in [3.05, 3.63) is 29.8 Å². The topological polar surface area (TPSA) is 76.1 Å². The first-order chi connectivity index (χ1) is 10.5. The van der Waals surface area contributed by atoms with Crippen LogP contribution in [0.2, 0.25) is 0 Å². The summed E-state index contributed by atoms with van der Waals surface area (Å²) < 4.78 is 10.7. The zero-order valence-corrected chi connectivity index (χ0v) is 12.8. The Hall–Kier alpha value is -2.08. The summed E-state index contributed by atoms with van der Waals surface area (Å²) in [7, 11) is 1.57. The summed E-state index contributed by atoms with van der Waals surface area (Å²) in [6.45, 7) is 2.28. The van der Waals surface area contributed by atoms with Crippen LogP contribution in [0.4, 0.5) is 0 Å². The lowest BCUT2D eigenvalue weighted by Gasteiger charge is -2.23. The standard InChI is InChI=1S/C16H21NO5/c1-11-3-5-13(6-4-11)22-10-15(18)17-9-14(21-2)7-12(17)8-16(19)20/h3-6,12,14H,7-10H2,1-2H3,(H,19,20). The van der Waals surface area contributed by atoms with Crippen LogP contribution >= 0.6 is 0 Å². The van der Waals surface area contributed by atoms with E-state index in [1.54, 1.807) is 24.1 Å². The van der Waals surface area contributed by atoms with Gasteiger partial charge in [0, 0.05) is 19.7 Å². The number of rotatable bonds is 6. The normalized spacial score (nSPS) is 20.9. The minimum atomic E-state index is -0.918. The second kappa shape index (κ2) is 7.26. The van der Waals surface area contributed by atoms with E-state index in [4.69, 9.17) is 14.6 Å². The van der Waals surface area contributed by atoms with Gasteiger partial charge in [-0.1, -0.05) is 17.7 Å². The van der Waals surface area contributed by atoms with E-state index in [0.717, 1.165) is 5.56 Å². The largest absolute Gasteiger partial charge is 0.484 e. The Labute approximate surface area is 129 Å². The van der Waals surface area contributed by atoms with E-state index in [1.165, 1.54) is 0 Å². The van der Waals surface area contributed by atoms with Crippen LogP contribution in [0.5, 0.6) is 5.75 Å². The lowest BCUT2D eigenvalue weighted by atomic mass is 10.1. The third-order valence-electron chi connectivity index (χ3n) is 3.82. The number of carbonyl (C=O) groups is 2. The Morgan fingerprint density at radius 2 is 2.00 bits per heavy atom. The average Bonchev–Trinajstić information content (AvgIpc) is 2.88. The van der Waals surface area contributed by atoms with Gasteiger partial charge in [0.25, 0.3) is 5.91 Å². The molecule has 0 bridgehead atoms. The first-order valence-corrected chi connectivity index (χ1v) is 7.23. The molecule has 0 aromatic heterocycles. The van der Waals surface area contributed by atoms with Crippen molar-refractivity contribution in [1.29, 1.82) is 0 Å². The predicted molar refractivity (Wildman–Crippen MR) is 79.8 cm³/mol. The fourth-order valence-electron chi connectivity index (χ4n) is 2.61. The monoisotopic (exact) mass is 307 g/mol. The van der Waals surface area contributed by atoms with Gasteiger partial charge in [-0.25, -0.2) is 0 Å². The third-order valence-corrected chi connectivity index (χ3v) is 3.82. The van der Waals surface area contributed by atoms with Gasteiger partial charge in [-0.3, -0.25) is 9.59 Å². The van der Waals surface area contributed by atoms with Gasteiger partial charge in [0.15, 0.2) is 6.61 Å². The zero-order valence-electron chi connectivity index (χ0n) is 12.8. The van der Waals surface area contributed by atoms with Crippen LogP contribution in [0.15, 0.2) is 24.3 Å². The lowest BCUT2D eigenvalue weighted by molar-refractivity contribution is -0.140. The van der Waals surface area contributed by atoms with E-state index < -0.39 is 5.97 Å². The van der Waals surface area contributed by atoms with Crippen LogP contribution in [0.1, 0.15) is 18.4 Å². The Morgan fingerprint density at radius 1 is 1.32 bits per heavy atom. The van der Waals surface area contributed by atoms with Gasteiger partial charge < -0.3 is 19.5 Å². The summed E-state index contributed by atoms with van der Waals surface area (Å²) in [6.07, 6.45) is 0.350. The van der Waals surface area contributed by atoms with E-state index in [0.29, 0.717) is 18.7 Å². The van der Waals surface area contributed by atoms with E-state index in [9.17, 15) is 9.59 Å². The molecule has 1 heterocycles. The summed E-state index contributed by atoms with van der Waals surface area (Å²) in [5, 5.41) is 8.96. The number of benzene rings is 1. The van der Waals surface area contributed by atoms with Crippen molar-refractivity contribution >= 4 is 11.9 Å². The number of aliphatic carboxylic acids is 1. The van der Waals surface area contributed by atoms with E-state index in [2.05, 4.69) is 0 Å². The molecule has 0 aliphatic carbocycles. The average molecular weight is 307 g/mol. The second-order valence-corrected chi connectivity index (χ2v) is 5.49. The van der Waals surface area contributed by atoms with Crippen molar-refractivity contribution in [3.63, 3.8) is 0 Å². The number of carboxylic acid groups (broad SMARTS) is 1. The number of hydrogen-bond acceptors (Lipinski definition) is 4. The fourth-order valence-corrected chi connectivity index (χ4v) is 2.61. The van der Waals surface area contributed by atoms with Gasteiger partial charge >= 0.3 is 5.97 Å². The molecule has 1 aliphatic heterocycles. The summed E-state index contributed by atoms with van der Waals surface area (Å²) in [5.41, 5.74) is 1.11. The number of hydrogen-bond donors (Lipinski definition) is 1. The lowest BCUT2D eigenvalue weighted by Crippen LogP contribution is -2.40. The van der Waals surface area contributed by atoms with Crippen LogP contribution in [0.25, 0.3) is 0 Å². The van der Waals surface area contributed by atoms with Crippen molar-refractivity contribution < 1.29 is 24.2 Å². The van der Waals surface area contributed by atoms with E-state index >= 15 is 0 Å². The van der Waals surface area contributed by atoms with Gasteiger partial charge in [-0.05, 0) is 25.5 Å². The first kappa shape index (κ1) is 16.3. The van der Waals surface area contributed by atoms with Gasteiger partial charge in [0.1, 0.15) is 5.75 Å². The number of ether oxygens (including phenoxy) is 2. The molecule has 1 aromatic rings. The van der Waals surface area contributed by atoms with Crippen LogP contribution in [-0.2, 0) is 14.3 Å². The third kappa shape index (κ3) is 4.21. The zero-order chi connectivity index (χ0) is 16.1. The molecule has 1 aromatic carbocycles. The molecule has 1 aliphatic rings. The Kier molecular flexibility index (Phi) is 5.38. The highest BCUT2D eigenvalue weighted by Crippen LogP contribution is 2.23. The Morgan fingerprint density at radius 3 is 2.59 bits per heavy atom. The highest BCUT2D eigenvalue weighted by Gasteiger charge is 2.36. The second-order valence-electron chi connectivity index (χ2n) is 5.49. The molecule has 2 unspecified atom stereocenters. The number of carboxylic acids is 1. The molecule has 120 valence electrons. The van der Waals surface area contributed by atoms with Gasteiger partial charge in [-0.2, -0.15) is 0 Å². The summed E-state index contributed by atoms with van der Waals surface area (Å²) in [6, 6.07) is 7.09. The fraction of sp³-hybridized carbons (Fsp3) is 0.500. The minimum Gasteiger partial charge on any atom is -0.484 e. The van der Waals surface area contributed by atoms with Crippen molar-refractivity contribution in [2.45, 2.75) is 31.9 Å². The van der Waals surface area contributed by atoms with E-state index in [1.807, 2.05) is 19.1 Å². The maximum atomic E-state index is 12.3. The van der Waals surface area contributed by atoms with Crippen molar-refractivity contribution in [2.75, 3.05) is 20.3 Å². The maximum Gasteiger partial charge on any atom is 0.305 e. The van der Waals surface area contributed by atoms with Crippen molar-refractivity contribution in [1.82, 2.24) is 4.90 Å². The van der Waals surface area contributed by atoms with E-state index in [-0.39, 0.29) is 31.1 Å². The van der Waals surface area contributed by atoms with Gasteiger partial charge in [-0.15, -0.1) is 0 Å². The van der Waals surface area contributed by atoms with Crippen LogP contribution in [0, 0.1) is 6.92 Å². The smallest absolute Gasteiger partial charge is 0.305 e. The molecule has 2 rings (SSSR count). The molecule has 6 nitrogen and oxygen atoms in total. The molecular formula is C16H21NO5. The maximum absolute atomic E-state index is 12.3. The summed E-state index contributed by atoms with van der Waals surface area (Å²) in [4.78, 5) is 24.8. The number of likely N-dealkylation sites (tertiary alicyclic amines) is 1. The van der Waals surface area contributed by atoms with Crippen LogP contribution in [-0.4, -0.2) is 54.3 Å². The first-order valence-electron chi connectivity index (χ1n) is 7.23. The number of carbonyl (C=O) groups excluding carboxylic acids is 1. The molecule has 6 heteroatoms. The Balaban J connectivity index is 1.94. The SMILES string of the molecule is COC1CC(CC(=O)O)N(C(=O)COc2ccc(C)cc2)C1. The molecule has 1 N–H and O–H groups in total. The number of amides is 1. The molecule has 1 saturated heterocycles. The van der Waals surface area contributed by atoms with Gasteiger partial charge in [0.05, 0.1) is 12.5 Å². The molecule has 0 saturated carbocycles. The molecule has 22 heavy (non-hydrogen) atoms. The van der Waals surface area contributed by atoms with Gasteiger partial charge in [0.2, 0.25) is 0 Å².